The van der Waals surface area contributed by atoms with E-state index in [4.69, 9.17) is 21.3 Å². The molecule has 1 fully saturated rings. The highest BCUT2D eigenvalue weighted by molar-refractivity contribution is 6.31. The molecule has 0 bridgehead atoms. The first-order valence-corrected chi connectivity index (χ1v) is 12.3. The molecule has 1 saturated carbocycles. The molecule has 4 aromatic rings. The van der Waals surface area contributed by atoms with Crippen LogP contribution in [0.3, 0.4) is 0 Å². The highest BCUT2D eigenvalue weighted by atomic mass is 35.5. The first-order valence-electron chi connectivity index (χ1n) is 11.9. The van der Waals surface area contributed by atoms with Crippen LogP contribution in [0.4, 0.5) is 0 Å². The van der Waals surface area contributed by atoms with Crippen LogP contribution in [0, 0.1) is 12.8 Å². The highest BCUT2D eigenvalue weighted by Gasteiger charge is 2.29. The number of hydrogen-bond acceptors (Lipinski definition) is 5. The van der Waals surface area contributed by atoms with Crippen LogP contribution in [0.15, 0.2) is 48.9 Å². The van der Waals surface area contributed by atoms with Gasteiger partial charge < -0.3 is 10.1 Å². The Hall–Kier alpha value is -3.45. The van der Waals surface area contributed by atoms with Crippen molar-refractivity contribution >= 4 is 28.4 Å². The van der Waals surface area contributed by atoms with E-state index < -0.39 is 0 Å². The normalized spacial score (nSPS) is 12.7. The summed E-state index contributed by atoms with van der Waals surface area (Å²) in [5.74, 6) is 0.897. The van der Waals surface area contributed by atoms with Gasteiger partial charge in [-0.15, -0.1) is 0 Å². The van der Waals surface area contributed by atoms with Gasteiger partial charge in [0.15, 0.2) is 0 Å². The van der Waals surface area contributed by atoms with E-state index in [2.05, 4.69) is 21.5 Å². The monoisotopic (exact) mass is 491 g/mol. The summed E-state index contributed by atoms with van der Waals surface area (Å²) in [6.07, 6.45) is 7.03. The number of pyridine rings is 2. The fourth-order valence-electron chi connectivity index (χ4n) is 3.95. The molecule has 1 aliphatic rings. The summed E-state index contributed by atoms with van der Waals surface area (Å²) in [6, 6.07) is 9.95. The fourth-order valence-corrected chi connectivity index (χ4v) is 4.19. The molecule has 1 amide bonds. The molecule has 5 rings (SSSR count). The predicted molar refractivity (Wildman–Crippen MR) is 138 cm³/mol. The van der Waals surface area contributed by atoms with E-state index in [0.29, 0.717) is 17.3 Å². The molecule has 3 aromatic heterocycles. The largest absolute Gasteiger partial charge is 0.487 e. The van der Waals surface area contributed by atoms with Gasteiger partial charge in [0.2, 0.25) is 5.91 Å². The van der Waals surface area contributed by atoms with Crippen LogP contribution in [0.5, 0.6) is 5.75 Å². The molecule has 8 heteroatoms. The van der Waals surface area contributed by atoms with Crippen LogP contribution >= 0.6 is 11.6 Å². The van der Waals surface area contributed by atoms with Crippen molar-refractivity contribution in [2.45, 2.75) is 46.8 Å². The van der Waals surface area contributed by atoms with E-state index in [0.717, 1.165) is 51.8 Å². The minimum atomic E-state index is 0.0817. The lowest BCUT2D eigenvalue weighted by atomic mass is 10.0. The predicted octanol–water partition coefficient (Wildman–Crippen LogP) is 5.62. The van der Waals surface area contributed by atoms with Gasteiger partial charge in [-0.05, 0) is 43.5 Å². The summed E-state index contributed by atoms with van der Waals surface area (Å²) < 4.78 is 8.09. The lowest BCUT2D eigenvalue weighted by molar-refractivity contribution is -0.122. The van der Waals surface area contributed by atoms with Crippen LogP contribution in [0.1, 0.15) is 43.5 Å². The first-order chi connectivity index (χ1) is 17.0. The number of nitrogens with one attached hydrogen (secondary N) is 1. The molecule has 0 aliphatic heterocycles. The van der Waals surface area contributed by atoms with Crippen LogP contribution in [-0.2, 0) is 25.0 Å². The second kappa shape index (κ2) is 10.9. The summed E-state index contributed by atoms with van der Waals surface area (Å²) in [5.41, 5.74) is 5.38. The summed E-state index contributed by atoms with van der Waals surface area (Å²) in [6.45, 7) is 6.58. The number of hydrogen-bond donors (Lipinski definition) is 1. The summed E-state index contributed by atoms with van der Waals surface area (Å²) >= 11 is 6.46. The lowest BCUT2D eigenvalue weighted by Crippen LogP contribution is -2.25. The molecule has 3 heterocycles. The van der Waals surface area contributed by atoms with Gasteiger partial charge in [0.25, 0.3) is 0 Å². The fraction of sp³-hybridized carbons (Fsp3) is 0.333. The Balaban J connectivity index is 0.00000141. The Kier molecular flexibility index (Phi) is 7.66. The molecule has 182 valence electrons. The molecule has 0 radical (unpaired) electrons. The molecular weight excluding hydrogens is 462 g/mol. The second-order valence-electron chi connectivity index (χ2n) is 8.34. The van der Waals surface area contributed by atoms with Crippen molar-refractivity contribution in [3.8, 4) is 17.0 Å². The van der Waals surface area contributed by atoms with E-state index >= 15 is 0 Å². The van der Waals surface area contributed by atoms with Crippen molar-refractivity contribution in [1.82, 2.24) is 25.1 Å². The van der Waals surface area contributed by atoms with Crippen LogP contribution in [0.2, 0.25) is 5.02 Å². The van der Waals surface area contributed by atoms with Gasteiger partial charge in [0.1, 0.15) is 17.9 Å². The number of aryl methyl sites for hydroxylation is 2. The van der Waals surface area contributed by atoms with Crippen molar-refractivity contribution in [1.29, 1.82) is 0 Å². The molecule has 0 unspecified atom stereocenters. The maximum Gasteiger partial charge on any atom is 0.223 e. The van der Waals surface area contributed by atoms with Gasteiger partial charge >= 0.3 is 0 Å². The molecule has 35 heavy (non-hydrogen) atoms. The van der Waals surface area contributed by atoms with Gasteiger partial charge in [-0.3, -0.25) is 14.5 Å². The van der Waals surface area contributed by atoms with Crippen LogP contribution in [0.25, 0.3) is 22.2 Å². The number of ether oxygens (including phenoxy) is 1. The standard InChI is InChI=1S/C25H24ClN5O2.C2H6/c1-15-10-19(22-8-9-29-31(22)2)18-4-3-5-23(24(18)30-15)33-14-20-17(11-27-13-21(20)26)12-28-25(32)16-6-7-16;1-2/h3-5,8-11,13,16H,6-7,12,14H2,1-2H3,(H,28,32);1-2H3. The third-order valence-electron chi connectivity index (χ3n) is 5.89. The second-order valence-corrected chi connectivity index (χ2v) is 8.75. The zero-order valence-corrected chi connectivity index (χ0v) is 21.3. The summed E-state index contributed by atoms with van der Waals surface area (Å²) in [7, 11) is 1.92. The summed E-state index contributed by atoms with van der Waals surface area (Å²) in [4.78, 5) is 21.0. The molecule has 1 N–H and O–H groups in total. The number of para-hydroxylation sites is 1. The quantitative estimate of drug-likeness (QED) is 0.362. The van der Waals surface area contributed by atoms with E-state index in [9.17, 15) is 4.79 Å². The van der Waals surface area contributed by atoms with E-state index in [1.807, 2.05) is 56.8 Å². The topological polar surface area (TPSA) is 81.9 Å². The number of rotatable bonds is 7. The smallest absolute Gasteiger partial charge is 0.223 e. The van der Waals surface area contributed by atoms with Crippen molar-refractivity contribution in [2.75, 3.05) is 0 Å². The van der Waals surface area contributed by atoms with Crippen molar-refractivity contribution in [2.24, 2.45) is 13.0 Å². The summed E-state index contributed by atoms with van der Waals surface area (Å²) in [5, 5.41) is 8.78. The number of nitrogens with zero attached hydrogens (tertiary/aromatic N) is 4. The molecular formula is C27H30ClN5O2. The number of halogens is 1. The Bertz CT molecular complexity index is 1350. The number of amides is 1. The number of carbonyl (C=O) groups is 1. The zero-order chi connectivity index (χ0) is 24.9. The number of benzene rings is 1. The Morgan fingerprint density at radius 1 is 1.23 bits per heavy atom. The average Bonchev–Trinajstić information content (AvgIpc) is 3.63. The zero-order valence-electron chi connectivity index (χ0n) is 20.5. The van der Waals surface area contributed by atoms with E-state index in [1.165, 1.54) is 0 Å². The van der Waals surface area contributed by atoms with Gasteiger partial charge in [0.05, 0.1) is 10.7 Å². The van der Waals surface area contributed by atoms with Gasteiger partial charge in [0, 0.05) is 60.3 Å². The molecule has 0 spiro atoms. The number of fused-ring (bicyclic) bond motifs is 1. The van der Waals surface area contributed by atoms with Crippen molar-refractivity contribution in [3.63, 3.8) is 0 Å². The Labute approximate surface area is 210 Å². The molecule has 0 atom stereocenters. The molecule has 0 saturated heterocycles. The van der Waals surface area contributed by atoms with Gasteiger partial charge in [-0.2, -0.15) is 5.10 Å². The maximum absolute atomic E-state index is 12.1. The first kappa shape index (κ1) is 24.7. The molecule has 1 aliphatic carbocycles. The Morgan fingerprint density at radius 2 is 2.03 bits per heavy atom. The van der Waals surface area contributed by atoms with Gasteiger partial charge in [-0.25, -0.2) is 4.98 Å². The van der Waals surface area contributed by atoms with Crippen molar-refractivity contribution < 1.29 is 9.53 Å². The third kappa shape index (κ3) is 5.46. The minimum absolute atomic E-state index is 0.0817. The SMILES string of the molecule is CC.Cc1cc(-c2ccnn2C)c2cccc(OCc3c(Cl)cncc3CNC(=O)C3CC3)c2n1. The average molecular weight is 492 g/mol. The maximum atomic E-state index is 12.1. The van der Waals surface area contributed by atoms with E-state index in [-0.39, 0.29) is 18.4 Å². The van der Waals surface area contributed by atoms with E-state index in [1.54, 1.807) is 18.6 Å². The minimum Gasteiger partial charge on any atom is -0.487 e. The van der Waals surface area contributed by atoms with Crippen molar-refractivity contribution in [3.05, 3.63) is 70.8 Å². The number of carbonyl (C=O) groups excluding carboxylic acids is 1. The third-order valence-corrected chi connectivity index (χ3v) is 6.22. The Morgan fingerprint density at radius 3 is 2.74 bits per heavy atom. The van der Waals surface area contributed by atoms with Crippen LogP contribution < -0.4 is 10.1 Å². The lowest BCUT2D eigenvalue weighted by Gasteiger charge is -2.15. The number of aromatic nitrogens is 4. The molecule has 1 aromatic carbocycles. The van der Waals surface area contributed by atoms with Crippen LogP contribution in [-0.4, -0.2) is 25.7 Å². The molecule has 7 nitrogen and oxygen atoms in total. The highest BCUT2D eigenvalue weighted by Crippen LogP contribution is 2.34. The van der Waals surface area contributed by atoms with Gasteiger partial charge in [-0.1, -0.05) is 37.6 Å².